The molecule has 0 amide bonds. The first kappa shape index (κ1) is 11.0. The molecule has 0 radical (unpaired) electrons. The summed E-state index contributed by atoms with van der Waals surface area (Å²) in [6.45, 7) is 1.61. The van der Waals surface area contributed by atoms with Crippen molar-refractivity contribution < 1.29 is 4.74 Å². The van der Waals surface area contributed by atoms with E-state index >= 15 is 0 Å². The molecule has 0 spiro atoms. The molecule has 2 aliphatic rings. The molecule has 1 unspecified atom stereocenters. The van der Waals surface area contributed by atoms with E-state index < -0.39 is 0 Å². The van der Waals surface area contributed by atoms with Gasteiger partial charge in [0, 0.05) is 18.6 Å². The standard InChI is InChI=1S/C15H15N3O/c16-8-10-1-4-14-13(7-10)17-15(11-5-6-19-9-11)18(14)12-2-3-12/h1,4,7,11-12H,2-3,5-6,9H2. The molecule has 0 bridgehead atoms. The second-order valence-electron chi connectivity index (χ2n) is 5.45. The molecular formula is C15H15N3O. The Bertz CT molecular complexity index is 672. The summed E-state index contributed by atoms with van der Waals surface area (Å²) in [7, 11) is 0. The van der Waals surface area contributed by atoms with Crippen LogP contribution in [0.15, 0.2) is 18.2 Å². The molecule has 2 aromatic rings. The van der Waals surface area contributed by atoms with E-state index in [4.69, 9.17) is 15.0 Å². The Morgan fingerprint density at radius 2 is 2.21 bits per heavy atom. The maximum absolute atomic E-state index is 9.00. The minimum atomic E-state index is 0.415. The molecule has 4 heteroatoms. The Balaban J connectivity index is 1.91. The highest BCUT2D eigenvalue weighted by molar-refractivity contribution is 5.78. The molecule has 1 saturated carbocycles. The summed E-state index contributed by atoms with van der Waals surface area (Å²) in [6, 6.07) is 8.62. The predicted octanol–water partition coefficient (Wildman–Crippen LogP) is 2.75. The topological polar surface area (TPSA) is 50.8 Å². The maximum Gasteiger partial charge on any atom is 0.115 e. The van der Waals surface area contributed by atoms with E-state index in [1.807, 2.05) is 18.2 Å². The van der Waals surface area contributed by atoms with Gasteiger partial charge in [-0.15, -0.1) is 0 Å². The summed E-state index contributed by atoms with van der Waals surface area (Å²) in [4.78, 5) is 4.80. The van der Waals surface area contributed by atoms with Crippen molar-refractivity contribution in [1.29, 1.82) is 5.26 Å². The van der Waals surface area contributed by atoms with E-state index in [1.165, 1.54) is 18.4 Å². The Morgan fingerprint density at radius 3 is 2.89 bits per heavy atom. The predicted molar refractivity (Wildman–Crippen MR) is 70.9 cm³/mol. The second kappa shape index (κ2) is 4.07. The lowest BCUT2D eigenvalue weighted by Crippen LogP contribution is -2.08. The van der Waals surface area contributed by atoms with Crippen LogP contribution in [0.1, 0.15) is 42.6 Å². The van der Waals surface area contributed by atoms with Crippen LogP contribution >= 0.6 is 0 Å². The fourth-order valence-corrected chi connectivity index (χ4v) is 2.93. The van der Waals surface area contributed by atoms with Gasteiger partial charge in [-0.2, -0.15) is 5.26 Å². The number of hydrogen-bond donors (Lipinski definition) is 0. The molecule has 2 heterocycles. The Kier molecular flexibility index (Phi) is 2.36. The number of ether oxygens (including phenoxy) is 1. The lowest BCUT2D eigenvalue weighted by molar-refractivity contribution is 0.192. The fraction of sp³-hybridized carbons (Fsp3) is 0.467. The molecule has 2 fully saturated rings. The summed E-state index contributed by atoms with van der Waals surface area (Å²) in [5, 5.41) is 9.00. The van der Waals surface area contributed by atoms with Gasteiger partial charge in [-0.1, -0.05) is 0 Å². The van der Waals surface area contributed by atoms with Gasteiger partial charge in [0.1, 0.15) is 5.82 Å². The van der Waals surface area contributed by atoms with Crippen molar-refractivity contribution in [1.82, 2.24) is 9.55 Å². The van der Waals surface area contributed by atoms with E-state index in [1.54, 1.807) is 0 Å². The first-order valence-electron chi connectivity index (χ1n) is 6.86. The van der Waals surface area contributed by atoms with Crippen molar-refractivity contribution >= 4 is 11.0 Å². The summed E-state index contributed by atoms with van der Waals surface area (Å²) in [6.07, 6.45) is 3.54. The first-order chi connectivity index (χ1) is 9.36. The third-order valence-electron chi connectivity index (χ3n) is 4.05. The number of rotatable bonds is 2. The largest absolute Gasteiger partial charge is 0.381 e. The lowest BCUT2D eigenvalue weighted by atomic mass is 10.1. The zero-order chi connectivity index (χ0) is 12.8. The molecule has 4 nitrogen and oxygen atoms in total. The van der Waals surface area contributed by atoms with Gasteiger partial charge in [0.25, 0.3) is 0 Å². The highest BCUT2D eigenvalue weighted by Crippen LogP contribution is 2.41. The van der Waals surface area contributed by atoms with Gasteiger partial charge in [-0.25, -0.2) is 4.98 Å². The normalized spacial score (nSPS) is 22.8. The number of hydrogen-bond acceptors (Lipinski definition) is 3. The van der Waals surface area contributed by atoms with Crippen LogP contribution < -0.4 is 0 Å². The van der Waals surface area contributed by atoms with E-state index in [9.17, 15) is 0 Å². The fourth-order valence-electron chi connectivity index (χ4n) is 2.93. The van der Waals surface area contributed by atoms with Crippen LogP contribution in [0.3, 0.4) is 0 Å². The van der Waals surface area contributed by atoms with Crippen LogP contribution in [0, 0.1) is 11.3 Å². The number of nitriles is 1. The van der Waals surface area contributed by atoms with Crippen LogP contribution in [0.2, 0.25) is 0 Å². The molecule has 1 aliphatic heterocycles. The van der Waals surface area contributed by atoms with Gasteiger partial charge in [0.2, 0.25) is 0 Å². The average Bonchev–Trinajstić information content (AvgIpc) is 3.01. The SMILES string of the molecule is N#Cc1ccc2c(c1)nc(C1CCOC1)n2C1CC1. The smallest absolute Gasteiger partial charge is 0.115 e. The van der Waals surface area contributed by atoms with Crippen LogP contribution in [0.5, 0.6) is 0 Å². The van der Waals surface area contributed by atoms with Crippen LogP contribution in [-0.4, -0.2) is 22.8 Å². The number of benzene rings is 1. The third-order valence-corrected chi connectivity index (χ3v) is 4.05. The Morgan fingerprint density at radius 1 is 1.32 bits per heavy atom. The summed E-state index contributed by atoms with van der Waals surface area (Å²) >= 11 is 0. The van der Waals surface area contributed by atoms with Crippen molar-refractivity contribution in [3.8, 4) is 6.07 Å². The van der Waals surface area contributed by atoms with Gasteiger partial charge < -0.3 is 9.30 Å². The van der Waals surface area contributed by atoms with Crippen molar-refractivity contribution in [3.05, 3.63) is 29.6 Å². The van der Waals surface area contributed by atoms with Crippen LogP contribution in [-0.2, 0) is 4.74 Å². The van der Waals surface area contributed by atoms with E-state index in [0.717, 1.165) is 31.0 Å². The van der Waals surface area contributed by atoms with Crippen molar-refractivity contribution in [2.24, 2.45) is 0 Å². The molecule has 96 valence electrons. The minimum Gasteiger partial charge on any atom is -0.381 e. The van der Waals surface area contributed by atoms with Crippen molar-refractivity contribution in [3.63, 3.8) is 0 Å². The van der Waals surface area contributed by atoms with Crippen LogP contribution in [0.4, 0.5) is 0 Å². The molecular weight excluding hydrogens is 238 g/mol. The van der Waals surface area contributed by atoms with Gasteiger partial charge in [0.15, 0.2) is 0 Å². The van der Waals surface area contributed by atoms with E-state index in [-0.39, 0.29) is 0 Å². The van der Waals surface area contributed by atoms with Gasteiger partial charge in [-0.3, -0.25) is 0 Å². The third kappa shape index (κ3) is 1.73. The van der Waals surface area contributed by atoms with Crippen molar-refractivity contribution in [2.45, 2.75) is 31.2 Å². The Hall–Kier alpha value is -1.86. The maximum atomic E-state index is 9.00. The average molecular weight is 253 g/mol. The summed E-state index contributed by atoms with van der Waals surface area (Å²) in [5.41, 5.74) is 2.80. The molecule has 1 aromatic carbocycles. The highest BCUT2D eigenvalue weighted by Gasteiger charge is 2.32. The zero-order valence-corrected chi connectivity index (χ0v) is 10.7. The summed E-state index contributed by atoms with van der Waals surface area (Å²) in [5.74, 6) is 1.57. The van der Waals surface area contributed by atoms with Crippen LogP contribution in [0.25, 0.3) is 11.0 Å². The highest BCUT2D eigenvalue weighted by atomic mass is 16.5. The van der Waals surface area contributed by atoms with Gasteiger partial charge in [0.05, 0.1) is 29.3 Å². The van der Waals surface area contributed by atoms with Gasteiger partial charge >= 0.3 is 0 Å². The zero-order valence-electron chi connectivity index (χ0n) is 10.7. The monoisotopic (exact) mass is 253 g/mol. The molecule has 19 heavy (non-hydrogen) atoms. The van der Waals surface area contributed by atoms with E-state index in [0.29, 0.717) is 17.5 Å². The molecule has 4 rings (SSSR count). The quantitative estimate of drug-likeness (QED) is 0.826. The number of nitrogens with zero attached hydrogens (tertiary/aromatic N) is 3. The molecule has 1 aliphatic carbocycles. The molecule has 0 N–H and O–H groups in total. The van der Waals surface area contributed by atoms with Crippen molar-refractivity contribution in [2.75, 3.05) is 13.2 Å². The summed E-state index contributed by atoms with van der Waals surface area (Å²) < 4.78 is 7.89. The number of fused-ring (bicyclic) bond motifs is 1. The first-order valence-corrected chi connectivity index (χ1v) is 6.86. The molecule has 1 atom stereocenters. The van der Waals surface area contributed by atoms with E-state index in [2.05, 4.69) is 10.6 Å². The number of aromatic nitrogens is 2. The van der Waals surface area contributed by atoms with Gasteiger partial charge in [-0.05, 0) is 37.5 Å². The minimum absolute atomic E-state index is 0.415. The lowest BCUT2D eigenvalue weighted by Gasteiger charge is -2.11. The Labute approximate surface area is 111 Å². The second-order valence-corrected chi connectivity index (χ2v) is 5.45. The number of imidazole rings is 1. The molecule has 1 saturated heterocycles. The molecule has 1 aromatic heterocycles.